The van der Waals surface area contributed by atoms with Gasteiger partial charge in [0.25, 0.3) is 0 Å². The van der Waals surface area contributed by atoms with E-state index in [1.165, 1.54) is 0 Å². The summed E-state index contributed by atoms with van der Waals surface area (Å²) in [7, 11) is -2.97. The Morgan fingerprint density at radius 1 is 1.00 bits per heavy atom. The van der Waals surface area contributed by atoms with Crippen LogP contribution in [0.5, 0.6) is 0 Å². The Hall–Kier alpha value is -1.11. The summed E-state index contributed by atoms with van der Waals surface area (Å²) >= 11 is 0. The van der Waals surface area contributed by atoms with Gasteiger partial charge in [-0.15, -0.1) is 0 Å². The van der Waals surface area contributed by atoms with E-state index in [1.54, 1.807) is 0 Å². The molecule has 1 aliphatic carbocycles. The van der Waals surface area contributed by atoms with Crippen molar-refractivity contribution in [1.82, 2.24) is 10.6 Å². The van der Waals surface area contributed by atoms with Gasteiger partial charge >= 0.3 is 0 Å². The van der Waals surface area contributed by atoms with Crippen LogP contribution < -0.4 is 10.6 Å². The van der Waals surface area contributed by atoms with Gasteiger partial charge in [0.15, 0.2) is 9.84 Å². The summed E-state index contributed by atoms with van der Waals surface area (Å²) in [4.78, 5) is 24.1. The second-order valence-corrected chi connectivity index (χ2v) is 8.68. The van der Waals surface area contributed by atoms with Crippen molar-refractivity contribution in [3.8, 4) is 0 Å². The molecule has 22 heavy (non-hydrogen) atoms. The smallest absolute Gasteiger partial charge is 0.223 e. The van der Waals surface area contributed by atoms with Crippen LogP contribution in [0.3, 0.4) is 0 Å². The van der Waals surface area contributed by atoms with E-state index in [0.29, 0.717) is 25.8 Å². The zero-order chi connectivity index (χ0) is 16.2. The summed E-state index contributed by atoms with van der Waals surface area (Å²) in [5, 5.41) is 5.77. The highest BCUT2D eigenvalue weighted by Gasteiger charge is 2.33. The molecule has 6 nitrogen and oxygen atoms in total. The molecule has 1 heterocycles. The molecule has 2 fully saturated rings. The fourth-order valence-corrected chi connectivity index (χ4v) is 4.91. The normalized spacial score (nSPS) is 30.7. The highest BCUT2D eigenvalue weighted by Crippen LogP contribution is 2.29. The highest BCUT2D eigenvalue weighted by atomic mass is 32.2. The van der Waals surface area contributed by atoms with Crippen LogP contribution >= 0.6 is 0 Å². The molecule has 0 aromatic carbocycles. The molecule has 2 aliphatic rings. The van der Waals surface area contributed by atoms with Gasteiger partial charge in [-0.05, 0) is 38.5 Å². The van der Waals surface area contributed by atoms with E-state index in [4.69, 9.17) is 0 Å². The van der Waals surface area contributed by atoms with Crippen LogP contribution in [0.1, 0.15) is 45.4 Å². The number of hydrogen-bond acceptors (Lipinski definition) is 4. The second kappa shape index (κ2) is 7.44. The lowest BCUT2D eigenvalue weighted by atomic mass is 9.81. The molecule has 0 aromatic rings. The standard InChI is InChI=1S/C15H26N2O4S/c1-2-8-16-14(18)11-3-5-12(6-4-11)15(19)17-13-7-9-22(20,21)10-13/h11-13H,2-10H2,1H3,(H,16,18)(H,17,19). The van der Waals surface area contributed by atoms with Crippen molar-refractivity contribution in [1.29, 1.82) is 0 Å². The van der Waals surface area contributed by atoms with Crippen LogP contribution in [0.2, 0.25) is 0 Å². The first-order valence-corrected chi connectivity index (χ1v) is 10.0. The van der Waals surface area contributed by atoms with Crippen LogP contribution in [0.15, 0.2) is 0 Å². The third kappa shape index (κ3) is 4.69. The molecule has 0 bridgehead atoms. The number of nitrogens with one attached hydrogen (secondary N) is 2. The van der Waals surface area contributed by atoms with E-state index in [0.717, 1.165) is 19.3 Å². The predicted octanol–water partition coefficient (Wildman–Crippen LogP) is 0.622. The Morgan fingerprint density at radius 3 is 2.09 bits per heavy atom. The number of amides is 2. The molecule has 2 N–H and O–H groups in total. The largest absolute Gasteiger partial charge is 0.356 e. The quantitative estimate of drug-likeness (QED) is 0.773. The second-order valence-electron chi connectivity index (χ2n) is 6.45. The zero-order valence-electron chi connectivity index (χ0n) is 13.1. The molecule has 7 heteroatoms. The third-order valence-corrected chi connectivity index (χ3v) is 6.36. The molecule has 0 radical (unpaired) electrons. The Balaban J connectivity index is 1.74. The van der Waals surface area contributed by atoms with Crippen molar-refractivity contribution in [2.75, 3.05) is 18.1 Å². The van der Waals surface area contributed by atoms with Gasteiger partial charge in [-0.2, -0.15) is 0 Å². The van der Waals surface area contributed by atoms with E-state index < -0.39 is 9.84 Å². The van der Waals surface area contributed by atoms with Crippen molar-refractivity contribution in [2.45, 2.75) is 51.5 Å². The lowest BCUT2D eigenvalue weighted by molar-refractivity contribution is -0.130. The van der Waals surface area contributed by atoms with E-state index in [2.05, 4.69) is 10.6 Å². The van der Waals surface area contributed by atoms with Gasteiger partial charge in [-0.3, -0.25) is 9.59 Å². The van der Waals surface area contributed by atoms with Crippen molar-refractivity contribution < 1.29 is 18.0 Å². The average Bonchev–Trinajstić information content (AvgIpc) is 2.83. The van der Waals surface area contributed by atoms with Crippen LogP contribution in [0.4, 0.5) is 0 Å². The molecule has 2 amide bonds. The third-order valence-electron chi connectivity index (χ3n) is 4.60. The lowest BCUT2D eigenvalue weighted by Crippen LogP contribution is -2.42. The van der Waals surface area contributed by atoms with E-state index >= 15 is 0 Å². The molecule has 1 atom stereocenters. The topological polar surface area (TPSA) is 92.3 Å². The van der Waals surface area contributed by atoms with Crippen LogP contribution in [0.25, 0.3) is 0 Å². The first-order valence-electron chi connectivity index (χ1n) is 8.20. The summed E-state index contributed by atoms with van der Waals surface area (Å²) in [5.74, 6) is 0.216. The van der Waals surface area contributed by atoms with Crippen molar-refractivity contribution in [3.05, 3.63) is 0 Å². The molecular formula is C15H26N2O4S. The summed E-state index contributed by atoms with van der Waals surface area (Å²) in [6.45, 7) is 2.72. The maximum atomic E-state index is 12.2. The maximum Gasteiger partial charge on any atom is 0.223 e. The first kappa shape index (κ1) is 17.2. The number of rotatable bonds is 5. The average molecular weight is 330 g/mol. The summed E-state index contributed by atoms with van der Waals surface area (Å²) in [6, 6.07) is -0.233. The van der Waals surface area contributed by atoms with Gasteiger partial charge < -0.3 is 10.6 Å². The Labute approximate surface area is 132 Å². The molecule has 2 rings (SSSR count). The van der Waals surface area contributed by atoms with Crippen molar-refractivity contribution in [3.63, 3.8) is 0 Å². The maximum absolute atomic E-state index is 12.2. The SMILES string of the molecule is CCCNC(=O)C1CCC(C(=O)NC2CCS(=O)(=O)C2)CC1. The van der Waals surface area contributed by atoms with E-state index in [-0.39, 0.29) is 41.2 Å². The van der Waals surface area contributed by atoms with Crippen LogP contribution in [-0.4, -0.2) is 44.3 Å². The highest BCUT2D eigenvalue weighted by molar-refractivity contribution is 7.91. The molecule has 1 saturated heterocycles. The van der Waals surface area contributed by atoms with Gasteiger partial charge in [0.2, 0.25) is 11.8 Å². The number of carbonyl (C=O) groups is 2. The lowest BCUT2D eigenvalue weighted by Gasteiger charge is -2.27. The molecule has 126 valence electrons. The van der Waals surface area contributed by atoms with Crippen LogP contribution in [-0.2, 0) is 19.4 Å². The molecule has 0 aromatic heterocycles. The molecule has 0 spiro atoms. The van der Waals surface area contributed by atoms with Gasteiger partial charge in [-0.25, -0.2) is 8.42 Å². The number of sulfone groups is 1. The van der Waals surface area contributed by atoms with E-state index in [9.17, 15) is 18.0 Å². The predicted molar refractivity (Wildman–Crippen MR) is 84.0 cm³/mol. The van der Waals surface area contributed by atoms with Gasteiger partial charge in [0.1, 0.15) is 0 Å². The Kier molecular flexibility index (Phi) is 5.83. The Bertz CT molecular complexity index is 510. The number of hydrogen-bond donors (Lipinski definition) is 2. The Morgan fingerprint density at radius 2 is 1.59 bits per heavy atom. The minimum absolute atomic E-state index is 0.0162. The molecule has 1 saturated carbocycles. The molecule has 1 aliphatic heterocycles. The minimum Gasteiger partial charge on any atom is -0.356 e. The molecule has 1 unspecified atom stereocenters. The summed E-state index contributed by atoms with van der Waals surface area (Å²) < 4.78 is 22.8. The van der Waals surface area contributed by atoms with Gasteiger partial charge in [0.05, 0.1) is 11.5 Å². The monoisotopic (exact) mass is 330 g/mol. The fraction of sp³-hybridized carbons (Fsp3) is 0.867. The van der Waals surface area contributed by atoms with Gasteiger partial charge in [0, 0.05) is 24.4 Å². The zero-order valence-corrected chi connectivity index (χ0v) is 14.0. The molecular weight excluding hydrogens is 304 g/mol. The van der Waals surface area contributed by atoms with Crippen molar-refractivity contribution >= 4 is 21.7 Å². The van der Waals surface area contributed by atoms with Crippen molar-refractivity contribution in [2.24, 2.45) is 11.8 Å². The van der Waals surface area contributed by atoms with Gasteiger partial charge in [-0.1, -0.05) is 6.92 Å². The summed E-state index contributed by atoms with van der Waals surface area (Å²) in [6.07, 6.45) is 4.31. The van der Waals surface area contributed by atoms with E-state index in [1.807, 2.05) is 6.92 Å². The fourth-order valence-electron chi connectivity index (χ4n) is 3.24. The first-order chi connectivity index (χ1) is 10.4. The number of carbonyl (C=O) groups excluding carboxylic acids is 2. The minimum atomic E-state index is -2.97. The van der Waals surface area contributed by atoms with Crippen LogP contribution in [0, 0.1) is 11.8 Å². The summed E-state index contributed by atoms with van der Waals surface area (Å²) in [5.41, 5.74) is 0.